The molecule has 0 bridgehead atoms. The van der Waals surface area contributed by atoms with E-state index in [-0.39, 0.29) is 30.0 Å². The van der Waals surface area contributed by atoms with Gasteiger partial charge in [0.2, 0.25) is 0 Å². The first-order chi connectivity index (χ1) is 11.2. The minimum Gasteiger partial charge on any atom is -0.487 e. The molecule has 2 aromatic rings. The first kappa shape index (κ1) is 19.1. The van der Waals surface area contributed by atoms with Gasteiger partial charge in [-0.15, -0.1) is 12.4 Å². The number of rotatable bonds is 2. The molecule has 0 aliphatic carbocycles. The zero-order valence-electron chi connectivity index (χ0n) is 15.2. The monoisotopic (exact) mass is 364 g/mol. The summed E-state index contributed by atoms with van der Waals surface area (Å²) in [7, 11) is 1.84. The molecule has 0 spiro atoms. The number of aryl methyl sites for hydroxylation is 2. The Morgan fingerprint density at radius 2 is 2.08 bits per heavy atom. The SMILES string of the molecule is Cc1nn(C)c(C)c1C(=O)NC1CC(C)(C)Oc2ccc(N)cc21.Cl. The fourth-order valence-corrected chi connectivity index (χ4v) is 3.33. The number of anilines is 1. The fraction of sp³-hybridized carbons (Fsp3) is 0.444. The van der Waals surface area contributed by atoms with Crippen LogP contribution in [-0.2, 0) is 7.05 Å². The average molecular weight is 365 g/mol. The fourth-order valence-electron chi connectivity index (χ4n) is 3.33. The van der Waals surface area contributed by atoms with Crippen LogP contribution < -0.4 is 15.8 Å². The minimum atomic E-state index is -0.361. The van der Waals surface area contributed by atoms with Gasteiger partial charge in [-0.2, -0.15) is 5.10 Å². The lowest BCUT2D eigenvalue weighted by molar-refractivity contribution is 0.0620. The van der Waals surface area contributed by atoms with E-state index in [0.29, 0.717) is 17.7 Å². The van der Waals surface area contributed by atoms with Gasteiger partial charge < -0.3 is 15.8 Å². The van der Waals surface area contributed by atoms with Crippen LogP contribution in [0.1, 0.15) is 53.6 Å². The Morgan fingerprint density at radius 1 is 1.40 bits per heavy atom. The number of ether oxygens (including phenoxy) is 1. The molecule has 3 rings (SSSR count). The topological polar surface area (TPSA) is 82.2 Å². The Bertz CT molecular complexity index is 814. The van der Waals surface area contributed by atoms with Crippen LogP contribution in [0.2, 0.25) is 0 Å². The van der Waals surface area contributed by atoms with Crippen molar-refractivity contribution in [3.63, 3.8) is 0 Å². The van der Waals surface area contributed by atoms with Crippen molar-refractivity contribution in [1.82, 2.24) is 15.1 Å². The van der Waals surface area contributed by atoms with E-state index in [2.05, 4.69) is 10.4 Å². The first-order valence-corrected chi connectivity index (χ1v) is 8.07. The minimum absolute atomic E-state index is 0. The third-order valence-electron chi connectivity index (χ3n) is 4.53. The number of hydrogen-bond acceptors (Lipinski definition) is 4. The number of nitrogens with one attached hydrogen (secondary N) is 1. The van der Waals surface area contributed by atoms with Crippen molar-refractivity contribution in [2.75, 3.05) is 5.73 Å². The van der Waals surface area contributed by atoms with Crippen LogP contribution in [0.15, 0.2) is 18.2 Å². The number of fused-ring (bicyclic) bond motifs is 1. The van der Waals surface area contributed by atoms with Gasteiger partial charge in [0.25, 0.3) is 5.91 Å². The smallest absolute Gasteiger partial charge is 0.255 e. The number of nitrogens with two attached hydrogens (primary N) is 1. The number of amides is 1. The molecule has 6 nitrogen and oxygen atoms in total. The van der Waals surface area contributed by atoms with Gasteiger partial charge in [-0.05, 0) is 45.9 Å². The Labute approximate surface area is 154 Å². The van der Waals surface area contributed by atoms with E-state index in [1.54, 1.807) is 4.68 Å². The van der Waals surface area contributed by atoms with Crippen LogP contribution >= 0.6 is 12.4 Å². The van der Waals surface area contributed by atoms with Crippen molar-refractivity contribution in [2.24, 2.45) is 7.05 Å². The summed E-state index contributed by atoms with van der Waals surface area (Å²) < 4.78 is 7.75. The van der Waals surface area contributed by atoms with Crippen LogP contribution in [-0.4, -0.2) is 21.3 Å². The van der Waals surface area contributed by atoms with E-state index in [1.807, 2.05) is 52.9 Å². The van der Waals surface area contributed by atoms with Crippen LogP contribution in [0.3, 0.4) is 0 Å². The number of carbonyl (C=O) groups excluding carboxylic acids is 1. The average Bonchev–Trinajstić information content (AvgIpc) is 2.72. The molecule has 1 amide bonds. The predicted octanol–water partition coefficient (Wildman–Crippen LogP) is 3.07. The highest BCUT2D eigenvalue weighted by molar-refractivity contribution is 5.96. The van der Waals surface area contributed by atoms with E-state index in [4.69, 9.17) is 10.5 Å². The number of nitrogens with zero attached hydrogens (tertiary/aromatic N) is 2. The summed E-state index contributed by atoms with van der Waals surface area (Å²) >= 11 is 0. The van der Waals surface area contributed by atoms with Crippen molar-refractivity contribution in [3.05, 3.63) is 40.7 Å². The molecule has 0 saturated heterocycles. The number of hydrogen-bond donors (Lipinski definition) is 2. The highest BCUT2D eigenvalue weighted by Crippen LogP contribution is 2.40. The summed E-state index contributed by atoms with van der Waals surface area (Å²) in [4.78, 5) is 12.8. The predicted molar refractivity (Wildman–Crippen MR) is 100 cm³/mol. The number of nitrogen functional groups attached to an aromatic ring is 1. The summed E-state index contributed by atoms with van der Waals surface area (Å²) in [6.45, 7) is 7.79. The van der Waals surface area contributed by atoms with E-state index >= 15 is 0 Å². The Hall–Kier alpha value is -2.21. The molecule has 3 N–H and O–H groups in total. The van der Waals surface area contributed by atoms with E-state index < -0.39 is 0 Å². The van der Waals surface area contributed by atoms with Gasteiger partial charge in [0.1, 0.15) is 11.4 Å². The molecule has 1 aromatic carbocycles. The van der Waals surface area contributed by atoms with Gasteiger partial charge in [-0.1, -0.05) is 0 Å². The molecule has 1 atom stereocenters. The second-order valence-corrected chi connectivity index (χ2v) is 7.06. The van der Waals surface area contributed by atoms with Gasteiger partial charge in [-0.3, -0.25) is 9.48 Å². The van der Waals surface area contributed by atoms with Gasteiger partial charge in [0.05, 0.1) is 17.3 Å². The van der Waals surface area contributed by atoms with Crippen molar-refractivity contribution < 1.29 is 9.53 Å². The number of benzene rings is 1. The lowest BCUT2D eigenvalue weighted by Crippen LogP contribution is -2.41. The largest absolute Gasteiger partial charge is 0.487 e. The van der Waals surface area contributed by atoms with Crippen molar-refractivity contribution in [2.45, 2.75) is 45.8 Å². The highest BCUT2D eigenvalue weighted by atomic mass is 35.5. The molecule has 2 heterocycles. The molecule has 136 valence electrons. The lowest BCUT2D eigenvalue weighted by atomic mass is 9.89. The van der Waals surface area contributed by atoms with Crippen LogP contribution in [0.5, 0.6) is 5.75 Å². The third kappa shape index (κ3) is 3.58. The molecule has 0 saturated carbocycles. The maximum absolute atomic E-state index is 12.8. The number of halogens is 1. The molecule has 1 aromatic heterocycles. The van der Waals surface area contributed by atoms with E-state index in [1.165, 1.54) is 0 Å². The van der Waals surface area contributed by atoms with Crippen LogP contribution in [0, 0.1) is 13.8 Å². The lowest BCUT2D eigenvalue weighted by Gasteiger charge is -2.38. The summed E-state index contributed by atoms with van der Waals surface area (Å²) in [6.07, 6.45) is 0.674. The molecular formula is C18H25ClN4O2. The highest BCUT2D eigenvalue weighted by Gasteiger charge is 2.35. The standard InChI is InChI=1S/C18H24N4O2.ClH/c1-10-16(11(2)22(5)21-10)17(23)20-14-9-18(3,4)24-15-7-6-12(19)8-13(14)15;/h6-8,14H,9,19H2,1-5H3,(H,20,23);1H. The molecule has 0 fully saturated rings. The first-order valence-electron chi connectivity index (χ1n) is 8.07. The number of carbonyl (C=O) groups is 1. The normalized spacial score (nSPS) is 17.9. The van der Waals surface area contributed by atoms with Crippen LogP contribution in [0.4, 0.5) is 5.69 Å². The second-order valence-electron chi connectivity index (χ2n) is 7.06. The Kier molecular flexibility index (Phi) is 5.04. The molecule has 7 heteroatoms. The van der Waals surface area contributed by atoms with Crippen LogP contribution in [0.25, 0.3) is 0 Å². The van der Waals surface area contributed by atoms with Crippen molar-refractivity contribution in [1.29, 1.82) is 0 Å². The molecule has 1 aliphatic rings. The Morgan fingerprint density at radius 3 is 2.68 bits per heavy atom. The second kappa shape index (κ2) is 6.59. The van der Waals surface area contributed by atoms with E-state index in [9.17, 15) is 4.79 Å². The van der Waals surface area contributed by atoms with Crippen molar-refractivity contribution >= 4 is 24.0 Å². The van der Waals surface area contributed by atoms with Gasteiger partial charge in [-0.25, -0.2) is 0 Å². The number of aromatic nitrogens is 2. The van der Waals surface area contributed by atoms with Crippen molar-refractivity contribution in [3.8, 4) is 5.75 Å². The van der Waals surface area contributed by atoms with Gasteiger partial charge in [0.15, 0.2) is 0 Å². The molecule has 1 unspecified atom stereocenters. The Balaban J connectivity index is 0.00000225. The van der Waals surface area contributed by atoms with E-state index in [0.717, 1.165) is 22.7 Å². The summed E-state index contributed by atoms with van der Waals surface area (Å²) in [5, 5.41) is 7.46. The molecular weight excluding hydrogens is 340 g/mol. The maximum atomic E-state index is 12.8. The third-order valence-corrected chi connectivity index (χ3v) is 4.53. The zero-order chi connectivity index (χ0) is 17.6. The van der Waals surface area contributed by atoms with Gasteiger partial charge >= 0.3 is 0 Å². The summed E-state index contributed by atoms with van der Waals surface area (Å²) in [5.74, 6) is 0.652. The molecule has 0 radical (unpaired) electrons. The molecule has 1 aliphatic heterocycles. The quantitative estimate of drug-likeness (QED) is 0.802. The summed E-state index contributed by atoms with van der Waals surface area (Å²) in [6, 6.07) is 5.40. The molecule has 25 heavy (non-hydrogen) atoms. The maximum Gasteiger partial charge on any atom is 0.255 e. The zero-order valence-corrected chi connectivity index (χ0v) is 16.0. The van der Waals surface area contributed by atoms with Gasteiger partial charge in [0, 0.05) is 30.4 Å². The summed E-state index contributed by atoms with van der Waals surface area (Å²) in [5.41, 5.74) is 9.35.